The Hall–Kier alpha value is -1.48. The topological polar surface area (TPSA) is 96.3 Å². The third kappa shape index (κ3) is 3.94. The van der Waals surface area contributed by atoms with Gasteiger partial charge >= 0.3 is 5.97 Å². The fourth-order valence-corrected chi connectivity index (χ4v) is 3.51. The first kappa shape index (κ1) is 18.9. The number of hydrogen-bond acceptors (Lipinski definition) is 5. The molecule has 1 aromatic rings. The molecule has 3 atom stereocenters. The molecule has 1 amide bonds. The molecule has 3 unspecified atom stereocenters. The lowest BCUT2D eigenvalue weighted by atomic mass is 9.87. The maximum Gasteiger partial charge on any atom is 0.360 e. The van der Waals surface area contributed by atoms with Gasteiger partial charge < -0.3 is 10.1 Å². The summed E-state index contributed by atoms with van der Waals surface area (Å²) in [6.07, 6.45) is 0. The molecule has 6 nitrogen and oxygen atoms in total. The van der Waals surface area contributed by atoms with Crippen LogP contribution >= 0.6 is 34.2 Å². The fraction of sp³-hybridized carbons (Fsp3) is 0.375. The van der Waals surface area contributed by atoms with Crippen LogP contribution < -0.4 is 5.32 Å². The highest BCUT2D eigenvalue weighted by molar-refractivity contribution is 14.1. The number of aryl methyl sites for hydroxylation is 1. The number of ketones is 1. The van der Waals surface area contributed by atoms with Gasteiger partial charge in [0.15, 0.2) is 11.5 Å². The fourth-order valence-electron chi connectivity index (χ4n) is 2.24. The first-order valence-corrected chi connectivity index (χ1v) is 8.84. The van der Waals surface area contributed by atoms with Crippen LogP contribution in [0.5, 0.6) is 0 Å². The molecular weight excluding hydrogens is 447 g/mol. The second kappa shape index (κ2) is 7.60. The van der Waals surface area contributed by atoms with Gasteiger partial charge in [0.25, 0.3) is 0 Å². The Morgan fingerprint density at radius 1 is 1.46 bits per heavy atom. The van der Waals surface area contributed by atoms with Gasteiger partial charge in [0.05, 0.1) is 6.04 Å². The van der Waals surface area contributed by atoms with Crippen molar-refractivity contribution in [3.63, 3.8) is 0 Å². The predicted octanol–water partition coefficient (Wildman–Crippen LogP) is 2.22. The number of benzene rings is 1. The second-order valence-electron chi connectivity index (χ2n) is 5.64. The van der Waals surface area contributed by atoms with Crippen molar-refractivity contribution in [3.8, 4) is 0 Å². The van der Waals surface area contributed by atoms with E-state index in [9.17, 15) is 14.4 Å². The largest absolute Gasteiger partial charge is 0.456 e. The van der Waals surface area contributed by atoms with E-state index in [2.05, 4.69) is 5.32 Å². The molecule has 0 aliphatic carbocycles. The molecule has 2 N–H and O–H groups in total. The number of carbonyl (C=O) groups is 3. The molecule has 0 saturated carbocycles. The van der Waals surface area contributed by atoms with Crippen LogP contribution in [-0.4, -0.2) is 33.3 Å². The SMILES string of the molecule is Cc1ccc(COC(=O)C(=N)C(=O)C(C)C2NC(=O)C2I)c(Cl)c1. The van der Waals surface area contributed by atoms with Crippen LogP contribution in [0.15, 0.2) is 18.2 Å². The number of hydrogen-bond donors (Lipinski definition) is 2. The summed E-state index contributed by atoms with van der Waals surface area (Å²) in [5.41, 5.74) is 0.848. The van der Waals surface area contributed by atoms with Gasteiger partial charge in [-0.15, -0.1) is 0 Å². The van der Waals surface area contributed by atoms with Crippen molar-refractivity contribution in [1.82, 2.24) is 5.32 Å². The number of ether oxygens (including phenoxy) is 1. The van der Waals surface area contributed by atoms with Crippen molar-refractivity contribution in [2.45, 2.75) is 30.4 Å². The first-order valence-electron chi connectivity index (χ1n) is 7.21. The minimum Gasteiger partial charge on any atom is -0.456 e. The van der Waals surface area contributed by atoms with E-state index >= 15 is 0 Å². The van der Waals surface area contributed by atoms with E-state index in [1.54, 1.807) is 19.1 Å². The van der Waals surface area contributed by atoms with Crippen LogP contribution in [0.25, 0.3) is 0 Å². The molecule has 0 aromatic heterocycles. The summed E-state index contributed by atoms with van der Waals surface area (Å²) in [4.78, 5) is 35.3. The highest BCUT2D eigenvalue weighted by Gasteiger charge is 2.44. The molecule has 1 aliphatic heterocycles. The molecule has 8 heteroatoms. The maximum atomic E-state index is 12.2. The molecule has 1 aromatic carbocycles. The van der Waals surface area contributed by atoms with E-state index in [0.717, 1.165) is 5.56 Å². The van der Waals surface area contributed by atoms with Crippen molar-refractivity contribution >= 4 is 57.6 Å². The summed E-state index contributed by atoms with van der Waals surface area (Å²) in [5, 5.41) is 10.8. The van der Waals surface area contributed by atoms with Crippen LogP contribution in [0.1, 0.15) is 18.1 Å². The van der Waals surface area contributed by atoms with Crippen molar-refractivity contribution < 1.29 is 19.1 Å². The minimum absolute atomic E-state index is 0.114. The predicted molar refractivity (Wildman–Crippen MR) is 97.6 cm³/mol. The Morgan fingerprint density at radius 3 is 2.67 bits per heavy atom. The van der Waals surface area contributed by atoms with E-state index in [4.69, 9.17) is 21.7 Å². The van der Waals surface area contributed by atoms with Crippen LogP contribution in [-0.2, 0) is 25.7 Å². The van der Waals surface area contributed by atoms with E-state index in [0.29, 0.717) is 10.6 Å². The molecule has 1 fully saturated rings. The first-order chi connectivity index (χ1) is 11.2. The van der Waals surface area contributed by atoms with Gasteiger partial charge in [-0.2, -0.15) is 0 Å². The van der Waals surface area contributed by atoms with Gasteiger partial charge in [0.2, 0.25) is 5.91 Å². The Bertz CT molecular complexity index is 722. The van der Waals surface area contributed by atoms with Crippen LogP contribution in [0.4, 0.5) is 0 Å². The third-order valence-corrected chi connectivity index (χ3v) is 5.54. The lowest BCUT2D eigenvalue weighted by molar-refractivity contribution is -0.137. The number of esters is 1. The van der Waals surface area contributed by atoms with Gasteiger partial charge in [0.1, 0.15) is 10.5 Å². The minimum atomic E-state index is -1.00. The quantitative estimate of drug-likeness (QED) is 0.169. The molecule has 2 rings (SSSR count). The standard InChI is InChI=1S/C16H16ClIN2O4/c1-7-3-4-9(10(17)5-7)6-24-16(23)12(19)14(21)8(2)13-11(18)15(22)20-13/h3-5,8,11,13,19H,6H2,1-2H3,(H,20,22). The van der Waals surface area contributed by atoms with Gasteiger partial charge in [-0.25, -0.2) is 4.79 Å². The van der Waals surface area contributed by atoms with Crippen LogP contribution in [0.3, 0.4) is 0 Å². The zero-order valence-electron chi connectivity index (χ0n) is 13.1. The summed E-state index contributed by atoms with van der Waals surface area (Å²) in [6.45, 7) is 3.35. The second-order valence-corrected chi connectivity index (χ2v) is 7.38. The molecule has 24 heavy (non-hydrogen) atoms. The van der Waals surface area contributed by atoms with Crippen LogP contribution in [0.2, 0.25) is 5.02 Å². The number of halogens is 2. The summed E-state index contributed by atoms with van der Waals surface area (Å²) >= 11 is 7.99. The van der Waals surface area contributed by atoms with Crippen molar-refractivity contribution in [1.29, 1.82) is 5.41 Å². The monoisotopic (exact) mass is 462 g/mol. The number of Topliss-reactive ketones (excluding diaryl/α,β-unsaturated/α-hetero) is 1. The molecule has 0 spiro atoms. The number of β-lactam (4-membered cyclic amide) rings is 1. The van der Waals surface area contributed by atoms with Gasteiger partial charge in [0, 0.05) is 16.5 Å². The highest BCUT2D eigenvalue weighted by Crippen LogP contribution is 2.24. The molecule has 1 aliphatic rings. The number of carbonyl (C=O) groups excluding carboxylic acids is 3. The average Bonchev–Trinajstić information content (AvgIpc) is 2.56. The van der Waals surface area contributed by atoms with Gasteiger partial charge in [-0.05, 0) is 18.6 Å². The zero-order chi connectivity index (χ0) is 18.0. The summed E-state index contributed by atoms with van der Waals surface area (Å²) in [5.74, 6) is -2.46. The van der Waals surface area contributed by atoms with E-state index in [1.165, 1.54) is 0 Å². The Morgan fingerprint density at radius 2 is 2.12 bits per heavy atom. The smallest absolute Gasteiger partial charge is 0.360 e. The Balaban J connectivity index is 1.93. The number of amides is 1. The van der Waals surface area contributed by atoms with Crippen LogP contribution in [0, 0.1) is 18.3 Å². The van der Waals surface area contributed by atoms with Crippen molar-refractivity contribution in [3.05, 3.63) is 34.3 Å². The number of alkyl halides is 1. The number of nitrogens with one attached hydrogen (secondary N) is 2. The maximum absolute atomic E-state index is 12.2. The summed E-state index contributed by atoms with van der Waals surface area (Å²) in [6, 6.07) is 4.92. The van der Waals surface area contributed by atoms with E-state index in [-0.39, 0.29) is 22.5 Å². The van der Waals surface area contributed by atoms with E-state index in [1.807, 2.05) is 35.6 Å². The molecular formula is C16H16ClIN2O4. The lowest BCUT2D eigenvalue weighted by Gasteiger charge is -2.36. The molecule has 0 radical (unpaired) electrons. The molecule has 128 valence electrons. The lowest BCUT2D eigenvalue weighted by Crippen LogP contribution is -2.63. The molecule has 1 heterocycles. The summed E-state index contributed by atoms with van der Waals surface area (Å²) in [7, 11) is 0. The van der Waals surface area contributed by atoms with E-state index < -0.39 is 23.4 Å². The van der Waals surface area contributed by atoms with Gasteiger partial charge in [-0.3, -0.25) is 15.0 Å². The molecule has 1 saturated heterocycles. The third-order valence-electron chi connectivity index (χ3n) is 3.84. The summed E-state index contributed by atoms with van der Waals surface area (Å²) < 4.78 is 4.67. The highest BCUT2D eigenvalue weighted by atomic mass is 127. The molecule has 0 bridgehead atoms. The van der Waals surface area contributed by atoms with Crippen molar-refractivity contribution in [2.75, 3.05) is 0 Å². The Labute approximate surface area is 157 Å². The Kier molecular flexibility index (Phi) is 5.97. The van der Waals surface area contributed by atoms with Gasteiger partial charge in [-0.1, -0.05) is 53.2 Å². The average molecular weight is 463 g/mol. The normalized spacial score (nSPS) is 20.6. The number of rotatable bonds is 6. The zero-order valence-corrected chi connectivity index (χ0v) is 16.0. The van der Waals surface area contributed by atoms with Crippen molar-refractivity contribution in [2.24, 2.45) is 5.92 Å².